The van der Waals surface area contributed by atoms with Crippen LogP contribution in [0, 0.1) is 0 Å². The summed E-state index contributed by atoms with van der Waals surface area (Å²) >= 11 is 0. The van der Waals surface area contributed by atoms with E-state index in [2.05, 4.69) is 41.3 Å². The maximum Gasteiger partial charge on any atom is 0.298 e. The highest BCUT2D eigenvalue weighted by Gasteiger charge is 2.37. The Morgan fingerprint density at radius 3 is 2.57 bits per heavy atom. The van der Waals surface area contributed by atoms with E-state index in [0.717, 1.165) is 25.9 Å². The number of oxazole rings is 1. The van der Waals surface area contributed by atoms with Gasteiger partial charge < -0.3 is 24.9 Å². The van der Waals surface area contributed by atoms with Crippen LogP contribution >= 0.6 is 0 Å². The summed E-state index contributed by atoms with van der Waals surface area (Å²) in [5.41, 5.74) is 1.95. The number of amides is 1. The summed E-state index contributed by atoms with van der Waals surface area (Å²) in [6, 6.07) is 8.26. The van der Waals surface area contributed by atoms with Gasteiger partial charge in [0.15, 0.2) is 5.58 Å². The zero-order chi connectivity index (χ0) is 20.8. The molecule has 0 saturated carbocycles. The molecular weight excluding hydrogens is 378 g/mol. The molecule has 0 radical (unpaired) electrons. The zero-order valence-corrected chi connectivity index (χ0v) is 18.2. The van der Waals surface area contributed by atoms with Gasteiger partial charge in [0, 0.05) is 43.3 Å². The average molecular weight is 412 g/mol. The normalized spacial score (nSPS) is 32.4. The van der Waals surface area contributed by atoms with Gasteiger partial charge in [-0.15, -0.1) is 0 Å². The number of nitrogens with zero attached hydrogens (tertiary/aromatic N) is 3. The first kappa shape index (κ1) is 19.8. The summed E-state index contributed by atoms with van der Waals surface area (Å²) in [5.74, 6) is -0.0329. The molecule has 0 spiro atoms. The SMILES string of the molecule is C[C@H]1CNC[C@H](C)N1c1nc2c(C(=O)NC3C[C@H]4CCC[C@H](C3)N4C)cccc2o1. The van der Waals surface area contributed by atoms with Crippen LogP contribution in [-0.4, -0.2) is 66.1 Å². The molecule has 3 fully saturated rings. The van der Waals surface area contributed by atoms with Crippen LogP contribution in [0.5, 0.6) is 0 Å². The Balaban J connectivity index is 1.38. The fourth-order valence-corrected chi connectivity index (χ4v) is 5.74. The summed E-state index contributed by atoms with van der Waals surface area (Å²) in [6.45, 7) is 6.13. The predicted molar refractivity (Wildman–Crippen MR) is 118 cm³/mol. The lowest BCUT2D eigenvalue weighted by atomic mass is 9.82. The van der Waals surface area contributed by atoms with E-state index >= 15 is 0 Å². The van der Waals surface area contributed by atoms with Crippen LogP contribution in [0.2, 0.25) is 0 Å². The van der Waals surface area contributed by atoms with Gasteiger partial charge in [-0.25, -0.2) is 0 Å². The van der Waals surface area contributed by atoms with E-state index in [1.54, 1.807) is 0 Å². The molecule has 0 unspecified atom stereocenters. The van der Waals surface area contributed by atoms with Gasteiger partial charge in [0.25, 0.3) is 11.9 Å². The summed E-state index contributed by atoms with van der Waals surface area (Å²) in [7, 11) is 2.24. The second kappa shape index (κ2) is 7.85. The Morgan fingerprint density at radius 2 is 1.87 bits per heavy atom. The van der Waals surface area contributed by atoms with Gasteiger partial charge in [-0.1, -0.05) is 12.5 Å². The quantitative estimate of drug-likeness (QED) is 0.809. The molecule has 162 valence electrons. The number of benzene rings is 1. The van der Waals surface area contributed by atoms with Crippen LogP contribution in [-0.2, 0) is 0 Å². The number of hydrogen-bond donors (Lipinski definition) is 2. The van der Waals surface area contributed by atoms with Crippen molar-refractivity contribution in [3.8, 4) is 0 Å². The topological polar surface area (TPSA) is 73.6 Å². The van der Waals surface area contributed by atoms with Gasteiger partial charge in [0.05, 0.1) is 5.56 Å². The van der Waals surface area contributed by atoms with Crippen molar-refractivity contribution in [3.63, 3.8) is 0 Å². The Labute approximate surface area is 178 Å². The highest BCUT2D eigenvalue weighted by molar-refractivity contribution is 6.04. The van der Waals surface area contributed by atoms with Crippen molar-refractivity contribution in [1.82, 2.24) is 20.5 Å². The van der Waals surface area contributed by atoms with Crippen molar-refractivity contribution in [2.45, 2.75) is 76.2 Å². The van der Waals surface area contributed by atoms with E-state index in [-0.39, 0.29) is 24.0 Å². The lowest BCUT2D eigenvalue weighted by molar-refractivity contribution is 0.0463. The number of nitrogens with one attached hydrogen (secondary N) is 2. The van der Waals surface area contributed by atoms with Crippen molar-refractivity contribution in [2.75, 3.05) is 25.0 Å². The third-order valence-corrected chi connectivity index (χ3v) is 7.38. The summed E-state index contributed by atoms with van der Waals surface area (Å²) in [4.78, 5) is 22.7. The van der Waals surface area contributed by atoms with Crippen LogP contribution < -0.4 is 15.5 Å². The summed E-state index contributed by atoms with van der Waals surface area (Å²) < 4.78 is 6.10. The van der Waals surface area contributed by atoms with Gasteiger partial charge >= 0.3 is 0 Å². The van der Waals surface area contributed by atoms with Crippen LogP contribution in [0.3, 0.4) is 0 Å². The molecule has 1 amide bonds. The number of para-hydroxylation sites is 1. The van der Waals surface area contributed by atoms with E-state index in [1.165, 1.54) is 19.3 Å². The van der Waals surface area contributed by atoms with Crippen LogP contribution in [0.15, 0.2) is 22.6 Å². The van der Waals surface area contributed by atoms with Crippen molar-refractivity contribution in [2.24, 2.45) is 0 Å². The Morgan fingerprint density at radius 1 is 1.17 bits per heavy atom. The van der Waals surface area contributed by atoms with Crippen LogP contribution in [0.4, 0.5) is 6.01 Å². The molecule has 3 saturated heterocycles. The molecule has 0 aliphatic carbocycles. The molecule has 3 aliphatic rings. The van der Waals surface area contributed by atoms with Gasteiger partial charge in [-0.05, 0) is 58.7 Å². The second-order valence-corrected chi connectivity index (χ2v) is 9.46. The van der Waals surface area contributed by atoms with Crippen molar-refractivity contribution >= 4 is 23.0 Å². The monoisotopic (exact) mass is 411 g/mol. The third kappa shape index (κ3) is 3.48. The van der Waals surface area contributed by atoms with Crippen molar-refractivity contribution in [1.29, 1.82) is 0 Å². The number of carbonyl (C=O) groups is 1. The van der Waals surface area contributed by atoms with Gasteiger partial charge in [-0.3, -0.25) is 4.79 Å². The largest absolute Gasteiger partial charge is 0.423 e. The molecular formula is C23H33N5O2. The molecule has 2 aromatic rings. The lowest BCUT2D eigenvalue weighted by Gasteiger charge is -2.47. The number of piperazine rings is 1. The van der Waals surface area contributed by atoms with Crippen LogP contribution in [0.1, 0.15) is 56.3 Å². The van der Waals surface area contributed by atoms with Crippen molar-refractivity contribution < 1.29 is 9.21 Å². The molecule has 7 heteroatoms. The summed E-state index contributed by atoms with van der Waals surface area (Å²) in [5, 5.41) is 6.75. The van der Waals surface area contributed by atoms with E-state index in [9.17, 15) is 4.79 Å². The highest BCUT2D eigenvalue weighted by Crippen LogP contribution is 2.33. The zero-order valence-electron chi connectivity index (χ0n) is 18.2. The minimum absolute atomic E-state index is 0.0329. The standard InChI is InChI=1S/C23H33N5O2/c1-14-12-24-13-15(2)28(14)23-26-21-19(8-5-9-20(21)30-23)22(29)25-16-10-17-6-4-7-18(11-16)27(17)3/h5,8-9,14-18,24H,4,6-7,10-13H2,1-3H3,(H,25,29)/t14-,15-,17+,18+/m0/s1. The molecule has 3 aliphatic heterocycles. The lowest BCUT2D eigenvalue weighted by Crippen LogP contribution is -2.55. The van der Waals surface area contributed by atoms with E-state index < -0.39 is 0 Å². The van der Waals surface area contributed by atoms with Crippen molar-refractivity contribution in [3.05, 3.63) is 23.8 Å². The number of carbonyl (C=O) groups excluding carboxylic acids is 1. The molecule has 5 rings (SSSR count). The molecule has 30 heavy (non-hydrogen) atoms. The van der Waals surface area contributed by atoms with Crippen LogP contribution in [0.25, 0.3) is 11.1 Å². The Kier molecular flexibility index (Phi) is 5.19. The molecule has 2 bridgehead atoms. The summed E-state index contributed by atoms with van der Waals surface area (Å²) in [6.07, 6.45) is 5.86. The first-order valence-corrected chi connectivity index (χ1v) is 11.4. The number of rotatable bonds is 3. The van der Waals surface area contributed by atoms with E-state index in [0.29, 0.717) is 34.8 Å². The second-order valence-electron chi connectivity index (χ2n) is 9.46. The van der Waals surface area contributed by atoms with Gasteiger partial charge in [0.1, 0.15) is 5.52 Å². The van der Waals surface area contributed by atoms with Gasteiger partial charge in [-0.2, -0.15) is 4.98 Å². The smallest absolute Gasteiger partial charge is 0.298 e. The number of piperidine rings is 2. The Bertz CT molecular complexity index is 903. The number of fused-ring (bicyclic) bond motifs is 3. The molecule has 4 heterocycles. The molecule has 4 atom stereocenters. The molecule has 7 nitrogen and oxygen atoms in total. The Hall–Kier alpha value is -2.12. The molecule has 2 N–H and O–H groups in total. The first-order valence-electron chi connectivity index (χ1n) is 11.4. The number of aromatic nitrogens is 1. The van der Waals surface area contributed by atoms with Gasteiger partial charge in [0.2, 0.25) is 0 Å². The predicted octanol–water partition coefficient (Wildman–Crippen LogP) is 2.76. The fraction of sp³-hybridized carbons (Fsp3) is 0.652. The minimum Gasteiger partial charge on any atom is -0.423 e. The molecule has 1 aromatic carbocycles. The molecule has 1 aromatic heterocycles. The fourth-order valence-electron chi connectivity index (χ4n) is 5.74. The number of anilines is 1. The minimum atomic E-state index is -0.0329. The number of hydrogen-bond acceptors (Lipinski definition) is 6. The highest BCUT2D eigenvalue weighted by atomic mass is 16.4. The maximum absolute atomic E-state index is 13.2. The third-order valence-electron chi connectivity index (χ3n) is 7.38. The van der Waals surface area contributed by atoms with E-state index in [1.807, 2.05) is 18.2 Å². The average Bonchev–Trinajstić information content (AvgIpc) is 3.12. The van der Waals surface area contributed by atoms with E-state index in [4.69, 9.17) is 9.40 Å². The first-order chi connectivity index (χ1) is 14.5. The maximum atomic E-state index is 13.2.